The molecular weight excluding hydrogens is 464 g/mol. The number of ether oxygens (including phenoxy) is 1. The van der Waals surface area contributed by atoms with Gasteiger partial charge in [-0.1, -0.05) is 53.7 Å². The summed E-state index contributed by atoms with van der Waals surface area (Å²) in [6.45, 7) is 13.7. The van der Waals surface area contributed by atoms with Crippen LogP contribution in [0, 0.1) is 27.7 Å². The number of aliphatic hydroxyl groups is 1. The van der Waals surface area contributed by atoms with E-state index in [-0.39, 0.29) is 0 Å². The second-order valence-electron chi connectivity index (χ2n) is 9.43. The van der Waals surface area contributed by atoms with E-state index >= 15 is 0 Å². The topological polar surface area (TPSA) is 84.5 Å². The second kappa shape index (κ2) is 11.7. The molecule has 194 valence electrons. The van der Waals surface area contributed by atoms with Crippen LogP contribution in [0.2, 0.25) is 0 Å². The van der Waals surface area contributed by atoms with Crippen molar-refractivity contribution < 1.29 is 14.4 Å². The normalized spacial score (nSPS) is 12.1. The monoisotopic (exact) mass is 500 g/mol. The Bertz CT molecular complexity index is 1350. The molecule has 0 saturated heterocycles. The van der Waals surface area contributed by atoms with Crippen molar-refractivity contribution in [3.05, 3.63) is 93.8 Å². The SMILES string of the molecule is CCOCc1cc(CN(Cc2nc(C)nc(C)c2C(C)O)c2noc(C)c2C)ccc1-c1ccccc1. The molecule has 0 spiro atoms. The van der Waals surface area contributed by atoms with Crippen LogP contribution in [0.3, 0.4) is 0 Å². The van der Waals surface area contributed by atoms with Gasteiger partial charge in [-0.05, 0) is 63.8 Å². The Kier molecular flexibility index (Phi) is 8.36. The number of aromatic nitrogens is 3. The van der Waals surface area contributed by atoms with Crippen molar-refractivity contribution in [3.63, 3.8) is 0 Å². The number of hydrogen-bond donors (Lipinski definition) is 1. The van der Waals surface area contributed by atoms with Crippen molar-refractivity contribution >= 4 is 5.82 Å². The molecule has 1 N–H and O–H groups in total. The fourth-order valence-corrected chi connectivity index (χ4v) is 4.74. The minimum atomic E-state index is -0.680. The van der Waals surface area contributed by atoms with Crippen molar-refractivity contribution in [1.82, 2.24) is 15.1 Å². The Morgan fingerprint density at radius 1 is 1.00 bits per heavy atom. The van der Waals surface area contributed by atoms with E-state index in [0.29, 0.717) is 32.1 Å². The van der Waals surface area contributed by atoms with Gasteiger partial charge >= 0.3 is 0 Å². The first kappa shape index (κ1) is 26.5. The second-order valence-corrected chi connectivity index (χ2v) is 9.43. The zero-order chi connectivity index (χ0) is 26.5. The van der Waals surface area contributed by atoms with E-state index in [1.807, 2.05) is 40.7 Å². The molecule has 0 bridgehead atoms. The fraction of sp³-hybridized carbons (Fsp3) is 0.367. The van der Waals surface area contributed by atoms with Gasteiger partial charge in [0.25, 0.3) is 0 Å². The minimum Gasteiger partial charge on any atom is -0.389 e. The van der Waals surface area contributed by atoms with E-state index in [0.717, 1.165) is 56.3 Å². The number of rotatable bonds is 10. The summed E-state index contributed by atoms with van der Waals surface area (Å²) >= 11 is 0. The highest BCUT2D eigenvalue weighted by molar-refractivity contribution is 5.68. The summed E-state index contributed by atoms with van der Waals surface area (Å²) in [6.07, 6.45) is -0.680. The Morgan fingerprint density at radius 2 is 1.76 bits per heavy atom. The van der Waals surface area contributed by atoms with Crippen LogP contribution in [0.4, 0.5) is 5.82 Å². The molecule has 4 rings (SSSR count). The molecule has 7 nitrogen and oxygen atoms in total. The molecule has 1 unspecified atom stereocenters. The molecule has 1 atom stereocenters. The number of anilines is 1. The molecule has 37 heavy (non-hydrogen) atoms. The van der Waals surface area contributed by atoms with Crippen LogP contribution in [0.25, 0.3) is 11.1 Å². The van der Waals surface area contributed by atoms with E-state index in [1.54, 1.807) is 6.92 Å². The fourth-order valence-electron chi connectivity index (χ4n) is 4.74. The van der Waals surface area contributed by atoms with Gasteiger partial charge in [0.05, 0.1) is 24.9 Å². The predicted molar refractivity (Wildman–Crippen MR) is 145 cm³/mol. The maximum absolute atomic E-state index is 10.5. The highest BCUT2D eigenvalue weighted by atomic mass is 16.5. The maximum atomic E-state index is 10.5. The summed E-state index contributed by atoms with van der Waals surface area (Å²) < 4.78 is 11.4. The van der Waals surface area contributed by atoms with Gasteiger partial charge in [0.15, 0.2) is 5.82 Å². The molecule has 0 radical (unpaired) electrons. The van der Waals surface area contributed by atoms with Gasteiger partial charge in [0, 0.05) is 30.0 Å². The zero-order valence-corrected chi connectivity index (χ0v) is 22.6. The smallest absolute Gasteiger partial charge is 0.175 e. The van der Waals surface area contributed by atoms with E-state index in [2.05, 4.69) is 57.5 Å². The van der Waals surface area contributed by atoms with E-state index in [1.165, 1.54) is 0 Å². The van der Waals surface area contributed by atoms with Gasteiger partial charge in [-0.15, -0.1) is 0 Å². The third kappa shape index (κ3) is 6.06. The van der Waals surface area contributed by atoms with E-state index < -0.39 is 6.10 Å². The summed E-state index contributed by atoms with van der Waals surface area (Å²) in [5, 5.41) is 14.9. The molecule has 0 fully saturated rings. The summed E-state index contributed by atoms with van der Waals surface area (Å²) in [5.74, 6) is 2.22. The van der Waals surface area contributed by atoms with Gasteiger partial charge in [-0.2, -0.15) is 0 Å². The molecule has 2 aromatic carbocycles. The standard InChI is InChI=1S/C30H36N4O3/c1-7-36-18-26-15-24(13-14-27(26)25-11-9-8-10-12-25)16-34(30-19(2)22(5)37-33-30)17-28-29(21(4)35)20(3)31-23(6)32-28/h8-15,21,35H,7,16-18H2,1-6H3. The van der Waals surface area contributed by atoms with E-state index in [9.17, 15) is 5.11 Å². The van der Waals surface area contributed by atoms with Gasteiger partial charge in [-0.25, -0.2) is 9.97 Å². The number of benzene rings is 2. The molecule has 7 heteroatoms. The van der Waals surface area contributed by atoms with Crippen molar-refractivity contribution in [2.45, 2.75) is 67.3 Å². The van der Waals surface area contributed by atoms with Gasteiger partial charge in [0.1, 0.15) is 11.6 Å². The van der Waals surface area contributed by atoms with Gasteiger partial charge < -0.3 is 19.3 Å². The Hall–Kier alpha value is -3.55. The molecular formula is C30H36N4O3. The summed E-state index contributed by atoms with van der Waals surface area (Å²) in [6, 6.07) is 16.9. The average molecular weight is 501 g/mol. The lowest BCUT2D eigenvalue weighted by Gasteiger charge is -2.25. The van der Waals surface area contributed by atoms with Crippen LogP contribution in [0.5, 0.6) is 0 Å². The molecule has 2 heterocycles. The molecule has 0 amide bonds. The minimum absolute atomic E-state index is 0.457. The summed E-state index contributed by atoms with van der Waals surface area (Å²) in [5.41, 5.74) is 7.90. The Balaban J connectivity index is 1.75. The lowest BCUT2D eigenvalue weighted by molar-refractivity contribution is 0.134. The van der Waals surface area contributed by atoms with Crippen LogP contribution < -0.4 is 4.90 Å². The first-order valence-corrected chi connectivity index (χ1v) is 12.7. The molecule has 0 aliphatic heterocycles. The predicted octanol–water partition coefficient (Wildman–Crippen LogP) is 6.16. The average Bonchev–Trinajstić information content (AvgIpc) is 3.20. The molecule has 0 aliphatic rings. The van der Waals surface area contributed by atoms with Crippen molar-refractivity contribution in [1.29, 1.82) is 0 Å². The molecule has 4 aromatic rings. The Morgan fingerprint density at radius 3 is 2.41 bits per heavy atom. The zero-order valence-electron chi connectivity index (χ0n) is 22.6. The third-order valence-electron chi connectivity index (χ3n) is 6.61. The third-order valence-corrected chi connectivity index (χ3v) is 6.61. The Labute approximate surface area is 219 Å². The van der Waals surface area contributed by atoms with Crippen LogP contribution in [0.1, 0.15) is 65.2 Å². The van der Waals surface area contributed by atoms with Gasteiger partial charge in [0.2, 0.25) is 0 Å². The van der Waals surface area contributed by atoms with Crippen molar-refractivity contribution in [3.8, 4) is 11.1 Å². The number of aryl methyl sites for hydroxylation is 3. The first-order valence-electron chi connectivity index (χ1n) is 12.7. The van der Waals surface area contributed by atoms with E-state index in [4.69, 9.17) is 14.2 Å². The molecule has 0 aliphatic carbocycles. The van der Waals surface area contributed by atoms with Crippen LogP contribution in [0.15, 0.2) is 53.1 Å². The number of aliphatic hydroxyl groups excluding tert-OH is 1. The number of nitrogens with zero attached hydrogens (tertiary/aromatic N) is 4. The van der Waals surface area contributed by atoms with Crippen LogP contribution in [-0.2, 0) is 24.4 Å². The largest absolute Gasteiger partial charge is 0.389 e. The molecule has 2 aromatic heterocycles. The van der Waals surface area contributed by atoms with Crippen LogP contribution >= 0.6 is 0 Å². The first-order chi connectivity index (χ1) is 17.8. The highest BCUT2D eigenvalue weighted by Crippen LogP contribution is 2.30. The van der Waals surface area contributed by atoms with Gasteiger partial charge in [-0.3, -0.25) is 0 Å². The number of hydrogen-bond acceptors (Lipinski definition) is 7. The lowest BCUT2D eigenvalue weighted by atomic mass is 9.97. The summed E-state index contributed by atoms with van der Waals surface area (Å²) in [4.78, 5) is 11.4. The lowest BCUT2D eigenvalue weighted by Crippen LogP contribution is -2.26. The highest BCUT2D eigenvalue weighted by Gasteiger charge is 2.22. The van der Waals surface area contributed by atoms with Crippen molar-refractivity contribution in [2.24, 2.45) is 0 Å². The summed E-state index contributed by atoms with van der Waals surface area (Å²) in [7, 11) is 0. The maximum Gasteiger partial charge on any atom is 0.175 e. The quantitative estimate of drug-likeness (QED) is 0.279. The van der Waals surface area contributed by atoms with Crippen LogP contribution in [-0.4, -0.2) is 26.8 Å². The molecule has 0 saturated carbocycles. The van der Waals surface area contributed by atoms with Crippen molar-refractivity contribution in [2.75, 3.05) is 11.5 Å².